The summed E-state index contributed by atoms with van der Waals surface area (Å²) in [7, 11) is 0. The normalized spacial score (nSPS) is 9.94. The van der Waals surface area contributed by atoms with E-state index in [9.17, 15) is 9.90 Å². The Hall–Kier alpha value is -1.88. The minimum Gasteiger partial charge on any atom is -0.508 e. The number of carbonyl (C=O) groups is 1. The van der Waals surface area contributed by atoms with Gasteiger partial charge in [-0.3, -0.25) is 4.79 Å². The molecule has 0 saturated heterocycles. The quantitative estimate of drug-likeness (QED) is 0.837. The van der Waals surface area contributed by atoms with Crippen molar-refractivity contribution in [2.24, 2.45) is 0 Å². The average Bonchev–Trinajstić information content (AvgIpc) is 2.29. The van der Waals surface area contributed by atoms with E-state index in [4.69, 9.17) is 0 Å². The molecule has 0 aliphatic carbocycles. The van der Waals surface area contributed by atoms with Gasteiger partial charge in [0, 0.05) is 18.0 Å². The van der Waals surface area contributed by atoms with Crippen LogP contribution in [0.2, 0.25) is 0 Å². The van der Waals surface area contributed by atoms with Crippen molar-refractivity contribution < 1.29 is 9.90 Å². The van der Waals surface area contributed by atoms with Crippen LogP contribution in [-0.4, -0.2) is 16.0 Å². The number of amides is 1. The molecular weight excluding hydrogens is 284 g/mol. The third-order valence-electron chi connectivity index (χ3n) is 2.09. The van der Waals surface area contributed by atoms with E-state index in [2.05, 4.69) is 26.2 Å². The van der Waals surface area contributed by atoms with Crippen molar-refractivity contribution in [3.63, 3.8) is 0 Å². The van der Waals surface area contributed by atoms with Gasteiger partial charge in [-0.15, -0.1) is 0 Å². The molecule has 2 aromatic rings. The van der Waals surface area contributed by atoms with Crippen LogP contribution in [0, 0.1) is 0 Å². The lowest BCUT2D eigenvalue weighted by Crippen LogP contribution is -2.11. The molecule has 2 N–H and O–H groups in total. The average molecular weight is 293 g/mol. The number of hydrogen-bond donors (Lipinski definition) is 2. The number of nitrogens with zero attached hydrogens (tertiary/aromatic N) is 1. The molecule has 1 aromatic carbocycles. The van der Waals surface area contributed by atoms with Crippen LogP contribution in [0.3, 0.4) is 0 Å². The van der Waals surface area contributed by atoms with Gasteiger partial charge in [0.1, 0.15) is 10.4 Å². The fourth-order valence-electron chi connectivity index (χ4n) is 1.30. The highest BCUT2D eigenvalue weighted by Gasteiger charge is 2.06. The Morgan fingerprint density at radius 2 is 2.12 bits per heavy atom. The van der Waals surface area contributed by atoms with E-state index in [1.807, 2.05) is 0 Å². The van der Waals surface area contributed by atoms with Crippen LogP contribution in [0.1, 0.15) is 10.4 Å². The van der Waals surface area contributed by atoms with Crippen molar-refractivity contribution in [1.29, 1.82) is 0 Å². The van der Waals surface area contributed by atoms with E-state index < -0.39 is 0 Å². The van der Waals surface area contributed by atoms with Gasteiger partial charge in [-0.05, 0) is 40.2 Å². The molecule has 0 unspecified atom stereocenters. The van der Waals surface area contributed by atoms with Gasteiger partial charge < -0.3 is 10.4 Å². The zero-order chi connectivity index (χ0) is 12.3. The van der Waals surface area contributed by atoms with Crippen LogP contribution < -0.4 is 5.32 Å². The Labute approximate surface area is 106 Å². The van der Waals surface area contributed by atoms with Gasteiger partial charge in [0.05, 0.1) is 5.56 Å². The lowest BCUT2D eigenvalue weighted by atomic mass is 10.2. The molecule has 1 heterocycles. The predicted molar refractivity (Wildman–Crippen MR) is 68.0 cm³/mol. The zero-order valence-corrected chi connectivity index (χ0v) is 10.3. The number of carbonyl (C=O) groups excluding carboxylic acids is 1. The van der Waals surface area contributed by atoms with E-state index in [0.717, 1.165) is 0 Å². The van der Waals surface area contributed by atoms with E-state index in [1.54, 1.807) is 24.3 Å². The number of benzene rings is 1. The third kappa shape index (κ3) is 3.04. The summed E-state index contributed by atoms with van der Waals surface area (Å²) in [4.78, 5) is 15.8. The number of aromatic hydroxyl groups is 1. The number of phenols is 1. The Balaban J connectivity index is 2.14. The molecule has 5 heteroatoms. The number of nitrogens with one attached hydrogen (secondary N) is 1. The van der Waals surface area contributed by atoms with Gasteiger partial charge >= 0.3 is 0 Å². The van der Waals surface area contributed by atoms with E-state index in [-0.39, 0.29) is 11.7 Å². The molecule has 2 rings (SSSR count). The first-order valence-electron chi connectivity index (χ1n) is 4.87. The summed E-state index contributed by atoms with van der Waals surface area (Å²) in [5.41, 5.74) is 0.995. The van der Waals surface area contributed by atoms with Crippen molar-refractivity contribution in [1.82, 2.24) is 4.98 Å². The largest absolute Gasteiger partial charge is 0.508 e. The standard InChI is InChI=1S/C12H9BrN2O2/c13-11-5-4-8(7-14-11)12(17)15-9-2-1-3-10(16)6-9/h1-7,16H,(H,15,17). The van der Waals surface area contributed by atoms with Crippen molar-refractivity contribution in [2.75, 3.05) is 5.32 Å². The van der Waals surface area contributed by atoms with Crippen LogP contribution >= 0.6 is 15.9 Å². The Bertz CT molecular complexity index is 540. The summed E-state index contributed by atoms with van der Waals surface area (Å²) in [6.45, 7) is 0. The number of rotatable bonds is 2. The number of anilines is 1. The summed E-state index contributed by atoms with van der Waals surface area (Å²) in [5, 5.41) is 11.9. The van der Waals surface area contributed by atoms with E-state index in [0.29, 0.717) is 15.9 Å². The van der Waals surface area contributed by atoms with Gasteiger partial charge in [-0.25, -0.2) is 4.98 Å². The number of halogens is 1. The molecule has 0 fully saturated rings. The van der Waals surface area contributed by atoms with Gasteiger partial charge in [0.2, 0.25) is 0 Å². The summed E-state index contributed by atoms with van der Waals surface area (Å²) < 4.78 is 0.673. The molecule has 0 spiro atoms. The second kappa shape index (κ2) is 4.97. The molecule has 0 aliphatic rings. The first-order chi connectivity index (χ1) is 8.15. The summed E-state index contributed by atoms with van der Waals surface area (Å²) in [6, 6.07) is 9.72. The molecule has 1 aromatic heterocycles. The maximum atomic E-state index is 11.8. The number of pyridine rings is 1. The maximum absolute atomic E-state index is 11.8. The SMILES string of the molecule is O=C(Nc1cccc(O)c1)c1ccc(Br)nc1. The third-order valence-corrected chi connectivity index (χ3v) is 2.56. The van der Waals surface area contributed by atoms with Crippen molar-refractivity contribution in [3.05, 3.63) is 52.8 Å². The lowest BCUT2D eigenvalue weighted by molar-refractivity contribution is 0.102. The molecule has 0 saturated carbocycles. The molecule has 4 nitrogen and oxygen atoms in total. The first-order valence-corrected chi connectivity index (χ1v) is 5.66. The molecule has 0 atom stereocenters. The highest BCUT2D eigenvalue weighted by Crippen LogP contribution is 2.16. The maximum Gasteiger partial charge on any atom is 0.257 e. The highest BCUT2D eigenvalue weighted by atomic mass is 79.9. The minimum absolute atomic E-state index is 0.108. The van der Waals surface area contributed by atoms with Crippen LogP contribution in [0.25, 0.3) is 0 Å². The van der Waals surface area contributed by atoms with Crippen molar-refractivity contribution in [3.8, 4) is 5.75 Å². The molecule has 0 radical (unpaired) electrons. The zero-order valence-electron chi connectivity index (χ0n) is 8.72. The fraction of sp³-hybridized carbons (Fsp3) is 0. The van der Waals surface area contributed by atoms with Crippen LogP contribution in [0.15, 0.2) is 47.2 Å². The Morgan fingerprint density at radius 1 is 1.29 bits per heavy atom. The number of aromatic nitrogens is 1. The molecule has 0 aliphatic heterocycles. The summed E-state index contributed by atoms with van der Waals surface area (Å²) >= 11 is 3.20. The second-order valence-electron chi connectivity index (χ2n) is 3.37. The van der Waals surface area contributed by atoms with Gasteiger partial charge in [0.25, 0.3) is 5.91 Å². The van der Waals surface area contributed by atoms with Gasteiger partial charge in [-0.2, -0.15) is 0 Å². The smallest absolute Gasteiger partial charge is 0.257 e. The first kappa shape index (κ1) is 11.6. The predicted octanol–water partition coefficient (Wildman–Crippen LogP) is 2.80. The molecule has 1 amide bonds. The summed E-state index contributed by atoms with van der Waals surface area (Å²) in [6.07, 6.45) is 1.47. The highest BCUT2D eigenvalue weighted by molar-refractivity contribution is 9.10. The second-order valence-corrected chi connectivity index (χ2v) is 4.19. The van der Waals surface area contributed by atoms with Crippen LogP contribution in [0.4, 0.5) is 5.69 Å². The van der Waals surface area contributed by atoms with Crippen molar-refractivity contribution >= 4 is 27.5 Å². The Kier molecular flexibility index (Phi) is 3.39. The number of hydrogen-bond acceptors (Lipinski definition) is 3. The van der Waals surface area contributed by atoms with Crippen molar-refractivity contribution in [2.45, 2.75) is 0 Å². The van der Waals surface area contributed by atoms with Crippen LogP contribution in [0.5, 0.6) is 5.75 Å². The summed E-state index contributed by atoms with van der Waals surface area (Å²) in [5.74, 6) is -0.160. The minimum atomic E-state index is -0.268. The van der Waals surface area contributed by atoms with E-state index in [1.165, 1.54) is 18.3 Å². The molecular formula is C12H9BrN2O2. The monoisotopic (exact) mass is 292 g/mol. The topological polar surface area (TPSA) is 62.2 Å². The molecule has 86 valence electrons. The molecule has 17 heavy (non-hydrogen) atoms. The lowest BCUT2D eigenvalue weighted by Gasteiger charge is -2.05. The Morgan fingerprint density at radius 3 is 2.76 bits per heavy atom. The van der Waals surface area contributed by atoms with E-state index >= 15 is 0 Å². The van der Waals surface area contributed by atoms with Gasteiger partial charge in [-0.1, -0.05) is 6.07 Å². The molecule has 0 bridgehead atoms. The van der Waals surface area contributed by atoms with Gasteiger partial charge in [0.15, 0.2) is 0 Å². The number of phenolic OH excluding ortho intramolecular Hbond substituents is 1. The fourth-order valence-corrected chi connectivity index (χ4v) is 1.53. The van der Waals surface area contributed by atoms with Crippen LogP contribution in [-0.2, 0) is 0 Å².